The molecule has 1 fully saturated rings. The van der Waals surface area contributed by atoms with E-state index >= 15 is 0 Å². The minimum atomic E-state index is -4.78. The summed E-state index contributed by atoms with van der Waals surface area (Å²) in [5.41, 5.74) is -2.22. The molecule has 0 saturated carbocycles. The number of amides is 4. The Morgan fingerprint density at radius 3 is 2.47 bits per heavy atom. The molecule has 14 heteroatoms. The van der Waals surface area contributed by atoms with Crippen molar-refractivity contribution in [2.24, 2.45) is 5.92 Å². The van der Waals surface area contributed by atoms with E-state index in [4.69, 9.17) is 11.6 Å². The van der Waals surface area contributed by atoms with E-state index in [0.717, 1.165) is 18.2 Å². The van der Waals surface area contributed by atoms with Crippen LogP contribution in [-0.2, 0) is 20.6 Å². The number of aromatic nitrogens is 1. The molecular weight excluding hydrogens is 531 g/mol. The number of benzene rings is 1. The van der Waals surface area contributed by atoms with Gasteiger partial charge in [0.05, 0.1) is 17.3 Å². The van der Waals surface area contributed by atoms with Crippen LogP contribution < -0.4 is 21.3 Å². The summed E-state index contributed by atoms with van der Waals surface area (Å²) in [5.74, 6) is -4.92. The average molecular weight is 554 g/mol. The van der Waals surface area contributed by atoms with E-state index in [1.54, 1.807) is 6.92 Å². The molecule has 202 valence electrons. The lowest BCUT2D eigenvalue weighted by Crippen LogP contribution is -2.48. The molecule has 1 aromatic carbocycles. The molecule has 38 heavy (non-hydrogen) atoms. The highest BCUT2D eigenvalue weighted by Gasteiger charge is 2.36. The van der Waals surface area contributed by atoms with Gasteiger partial charge in [0.1, 0.15) is 11.4 Å². The lowest BCUT2D eigenvalue weighted by molar-refractivity contribution is -0.141. The Kier molecular flexibility index (Phi) is 8.71. The Bertz CT molecular complexity index is 1290. The molecule has 0 radical (unpaired) electrons. The third-order valence-electron chi connectivity index (χ3n) is 5.74. The summed E-state index contributed by atoms with van der Waals surface area (Å²) in [6.07, 6.45) is -4.55. The molecule has 2 aromatic rings. The molecule has 0 aliphatic carbocycles. The van der Waals surface area contributed by atoms with Crippen molar-refractivity contribution >= 4 is 46.7 Å². The average Bonchev–Trinajstić information content (AvgIpc) is 3.19. The van der Waals surface area contributed by atoms with Crippen molar-refractivity contribution in [1.82, 2.24) is 20.9 Å². The largest absolute Gasteiger partial charge is 0.433 e. The molecule has 2 heterocycles. The maximum Gasteiger partial charge on any atom is 0.433 e. The minimum absolute atomic E-state index is 0.0727. The van der Waals surface area contributed by atoms with Gasteiger partial charge in [0.25, 0.3) is 17.7 Å². The summed E-state index contributed by atoms with van der Waals surface area (Å²) in [6, 6.07) is 4.95. The lowest BCUT2D eigenvalue weighted by atomic mass is 9.93. The van der Waals surface area contributed by atoms with Gasteiger partial charge < -0.3 is 21.3 Å². The predicted octanol–water partition coefficient (Wildman–Crippen LogP) is 2.33. The number of ketones is 1. The van der Waals surface area contributed by atoms with Crippen LogP contribution in [0.3, 0.4) is 0 Å². The van der Waals surface area contributed by atoms with Crippen molar-refractivity contribution in [2.75, 3.05) is 12.4 Å². The molecule has 1 aliphatic heterocycles. The summed E-state index contributed by atoms with van der Waals surface area (Å²) in [5, 5.41) is 9.69. The molecule has 1 aliphatic rings. The van der Waals surface area contributed by atoms with Crippen molar-refractivity contribution in [3.05, 3.63) is 58.4 Å². The normalized spacial score (nSPS) is 17.8. The van der Waals surface area contributed by atoms with Crippen LogP contribution >= 0.6 is 11.6 Å². The van der Waals surface area contributed by atoms with E-state index < -0.39 is 53.0 Å². The van der Waals surface area contributed by atoms with Gasteiger partial charge >= 0.3 is 6.18 Å². The molecule has 1 saturated heterocycles. The molecule has 1 aromatic heterocycles. The van der Waals surface area contributed by atoms with E-state index in [2.05, 4.69) is 26.3 Å². The zero-order valence-corrected chi connectivity index (χ0v) is 20.9. The first kappa shape index (κ1) is 28.6. The monoisotopic (exact) mass is 553 g/mol. The van der Waals surface area contributed by atoms with Crippen LogP contribution in [0, 0.1) is 5.92 Å². The second-order valence-corrected chi connectivity index (χ2v) is 9.03. The Labute approximate surface area is 219 Å². The van der Waals surface area contributed by atoms with Gasteiger partial charge in [-0.3, -0.25) is 24.0 Å². The number of pyridine rings is 1. The number of hydrogen-bond donors (Lipinski definition) is 4. The van der Waals surface area contributed by atoms with E-state index in [1.807, 2.05) is 0 Å². The van der Waals surface area contributed by atoms with Crippen LogP contribution in [-0.4, -0.2) is 53.5 Å². The van der Waals surface area contributed by atoms with Gasteiger partial charge in [-0.2, -0.15) is 13.2 Å². The van der Waals surface area contributed by atoms with Crippen LogP contribution in [0.2, 0.25) is 5.02 Å². The highest BCUT2D eigenvalue weighted by atomic mass is 35.5. The first-order chi connectivity index (χ1) is 17.8. The molecule has 10 nitrogen and oxygen atoms in total. The molecule has 0 spiro atoms. The molecule has 4 N–H and O–H groups in total. The van der Waals surface area contributed by atoms with Gasteiger partial charge in [-0.25, -0.2) is 4.98 Å². The Morgan fingerprint density at radius 2 is 1.87 bits per heavy atom. The number of carbonyl (C=O) groups is 5. The number of nitrogens with one attached hydrogen (secondary N) is 4. The fraction of sp³-hybridized carbons (Fsp3) is 0.333. The van der Waals surface area contributed by atoms with Crippen molar-refractivity contribution in [3.63, 3.8) is 0 Å². The van der Waals surface area contributed by atoms with Crippen LogP contribution in [0.5, 0.6) is 0 Å². The lowest BCUT2D eigenvalue weighted by Gasteiger charge is -2.20. The number of halogens is 4. The highest BCUT2D eigenvalue weighted by molar-refractivity contribution is 6.38. The van der Waals surface area contributed by atoms with Crippen LogP contribution in [0.15, 0.2) is 36.4 Å². The van der Waals surface area contributed by atoms with E-state index in [0.29, 0.717) is 12.5 Å². The molecule has 3 rings (SSSR count). The zero-order chi connectivity index (χ0) is 28.2. The number of alkyl halides is 3. The number of rotatable bonds is 8. The van der Waals surface area contributed by atoms with Gasteiger partial charge in [-0.05, 0) is 50.1 Å². The third kappa shape index (κ3) is 6.85. The van der Waals surface area contributed by atoms with Crippen LogP contribution in [0.25, 0.3) is 0 Å². The quantitative estimate of drug-likeness (QED) is 0.369. The highest BCUT2D eigenvalue weighted by Crippen LogP contribution is 2.28. The maximum absolute atomic E-state index is 13.2. The minimum Gasteiger partial charge on any atom is -0.353 e. The van der Waals surface area contributed by atoms with E-state index in [1.165, 1.54) is 19.2 Å². The van der Waals surface area contributed by atoms with Crippen LogP contribution in [0.4, 0.5) is 18.9 Å². The Morgan fingerprint density at radius 1 is 1.16 bits per heavy atom. The summed E-state index contributed by atoms with van der Waals surface area (Å²) in [6.45, 7) is 1.77. The molecule has 3 atom stereocenters. The second-order valence-electron chi connectivity index (χ2n) is 8.60. The summed E-state index contributed by atoms with van der Waals surface area (Å²) >= 11 is 6.02. The van der Waals surface area contributed by atoms with Crippen molar-refractivity contribution in [2.45, 2.75) is 38.0 Å². The summed E-state index contributed by atoms with van der Waals surface area (Å²) in [7, 11) is 1.23. The van der Waals surface area contributed by atoms with Crippen molar-refractivity contribution in [1.29, 1.82) is 0 Å². The fourth-order valence-electron chi connectivity index (χ4n) is 3.91. The van der Waals surface area contributed by atoms with E-state index in [9.17, 15) is 37.1 Å². The Hall–Kier alpha value is -4.00. The van der Waals surface area contributed by atoms with E-state index in [-0.39, 0.29) is 34.6 Å². The Balaban J connectivity index is 1.86. The number of likely N-dealkylation sites (N-methyl/N-ethyl adjacent to an activating group) is 1. The number of anilines is 1. The zero-order valence-electron chi connectivity index (χ0n) is 20.1. The first-order valence-electron chi connectivity index (χ1n) is 11.3. The maximum atomic E-state index is 13.2. The van der Waals surface area contributed by atoms with Crippen LogP contribution in [0.1, 0.15) is 46.3 Å². The van der Waals surface area contributed by atoms with Gasteiger partial charge in [-0.1, -0.05) is 17.7 Å². The standard InChI is InChI=1S/C24H23ClF3N5O5/c1-11-8-12(20(35)30-11)9-17(19(34)23(38)29-2)33-21(36)14-10-13(25)6-7-15(14)32-22(37)16-4-3-5-18(31-16)24(26,27)28/h3-7,10-12,17H,8-9H2,1-2H3,(H,29,38)(H,30,35)(H,32,37)(H,33,36)/t11-,12+,17?/m1/s1. The smallest absolute Gasteiger partial charge is 0.353 e. The number of hydrogen-bond acceptors (Lipinski definition) is 6. The number of Topliss-reactive ketones (excluding diaryl/α,β-unsaturated/α-hetero) is 1. The summed E-state index contributed by atoms with van der Waals surface area (Å²) < 4.78 is 39.0. The third-order valence-corrected chi connectivity index (χ3v) is 5.97. The molecule has 1 unspecified atom stereocenters. The predicted molar refractivity (Wildman–Crippen MR) is 129 cm³/mol. The van der Waals surface area contributed by atoms with Gasteiger partial charge in [0.15, 0.2) is 0 Å². The van der Waals surface area contributed by atoms with Gasteiger partial charge in [0, 0.05) is 24.0 Å². The van der Waals surface area contributed by atoms with Crippen molar-refractivity contribution < 1.29 is 37.1 Å². The number of nitrogens with zero attached hydrogens (tertiary/aromatic N) is 1. The molecular formula is C24H23ClF3N5O5. The SMILES string of the molecule is CNC(=O)C(=O)C(C[C@@H]1C[C@@H](C)NC1=O)NC(=O)c1cc(Cl)ccc1NC(=O)c1cccc(C(F)(F)F)n1. The molecule has 0 bridgehead atoms. The fourth-order valence-corrected chi connectivity index (χ4v) is 4.08. The van der Waals surface area contributed by atoms with Gasteiger partial charge in [0.2, 0.25) is 11.7 Å². The van der Waals surface area contributed by atoms with Crippen molar-refractivity contribution in [3.8, 4) is 0 Å². The summed E-state index contributed by atoms with van der Waals surface area (Å²) in [4.78, 5) is 66.1. The second kappa shape index (κ2) is 11.6. The number of carbonyl (C=O) groups excluding carboxylic acids is 5. The topological polar surface area (TPSA) is 146 Å². The van der Waals surface area contributed by atoms with Gasteiger partial charge in [-0.15, -0.1) is 0 Å². The first-order valence-corrected chi connectivity index (χ1v) is 11.7. The molecule has 4 amide bonds.